The Kier molecular flexibility index (Phi) is 4.53. The molecular formula is C5H10N2S2. The first-order valence-corrected chi connectivity index (χ1v) is 3.43. The Bertz CT molecular complexity index is 108. The fourth-order valence-corrected chi connectivity index (χ4v) is 0.437. The highest BCUT2D eigenvalue weighted by atomic mass is 32.1. The van der Waals surface area contributed by atoms with Gasteiger partial charge >= 0.3 is 0 Å². The SMILES string of the molecule is CC(=S)NCNC(C)=S. The van der Waals surface area contributed by atoms with Gasteiger partial charge in [0.1, 0.15) is 0 Å². The van der Waals surface area contributed by atoms with Crippen LogP contribution >= 0.6 is 24.4 Å². The predicted octanol–water partition coefficient (Wildman–Crippen LogP) is 0.818. The second-order valence-corrected chi connectivity index (χ2v) is 2.87. The first kappa shape index (κ1) is 8.78. The van der Waals surface area contributed by atoms with E-state index in [9.17, 15) is 0 Å². The Morgan fingerprint density at radius 3 is 1.67 bits per heavy atom. The Labute approximate surface area is 66.0 Å². The molecule has 0 saturated carbocycles. The van der Waals surface area contributed by atoms with E-state index in [1.54, 1.807) is 0 Å². The van der Waals surface area contributed by atoms with Crippen molar-refractivity contribution >= 4 is 34.4 Å². The Morgan fingerprint density at radius 1 is 1.11 bits per heavy atom. The van der Waals surface area contributed by atoms with Gasteiger partial charge in [0.15, 0.2) is 0 Å². The molecule has 2 N–H and O–H groups in total. The summed E-state index contributed by atoms with van der Waals surface area (Å²) in [6.45, 7) is 4.29. The van der Waals surface area contributed by atoms with E-state index in [4.69, 9.17) is 24.4 Å². The van der Waals surface area contributed by atoms with Crippen molar-refractivity contribution in [3.63, 3.8) is 0 Å². The maximum atomic E-state index is 4.75. The van der Waals surface area contributed by atoms with Crippen LogP contribution in [0.1, 0.15) is 13.8 Å². The van der Waals surface area contributed by atoms with E-state index in [0.717, 1.165) is 9.98 Å². The van der Waals surface area contributed by atoms with Gasteiger partial charge in [0, 0.05) is 0 Å². The van der Waals surface area contributed by atoms with Crippen molar-refractivity contribution in [1.29, 1.82) is 0 Å². The molecule has 0 radical (unpaired) electrons. The van der Waals surface area contributed by atoms with Crippen molar-refractivity contribution in [2.75, 3.05) is 6.67 Å². The summed E-state index contributed by atoms with van der Waals surface area (Å²) in [6, 6.07) is 0. The van der Waals surface area contributed by atoms with E-state index in [1.165, 1.54) is 0 Å². The highest BCUT2D eigenvalue weighted by Crippen LogP contribution is 1.66. The molecule has 0 aliphatic carbocycles. The van der Waals surface area contributed by atoms with Gasteiger partial charge in [0.25, 0.3) is 0 Å². The van der Waals surface area contributed by atoms with Crippen LogP contribution in [0.5, 0.6) is 0 Å². The van der Waals surface area contributed by atoms with Gasteiger partial charge in [-0.2, -0.15) is 0 Å². The lowest BCUT2D eigenvalue weighted by Crippen LogP contribution is -2.33. The monoisotopic (exact) mass is 162 g/mol. The van der Waals surface area contributed by atoms with E-state index >= 15 is 0 Å². The molecule has 0 aliphatic heterocycles. The number of rotatable bonds is 2. The lowest BCUT2D eigenvalue weighted by Gasteiger charge is -2.04. The third-order valence-corrected chi connectivity index (χ3v) is 0.963. The van der Waals surface area contributed by atoms with E-state index in [1.807, 2.05) is 13.8 Å². The normalized spacial score (nSPS) is 8.22. The molecule has 0 aromatic carbocycles. The second-order valence-electron chi connectivity index (χ2n) is 1.64. The molecule has 0 fully saturated rings. The largest absolute Gasteiger partial charge is 0.363 e. The smallest absolute Gasteiger partial charge is 0.0857 e. The van der Waals surface area contributed by atoms with Gasteiger partial charge in [-0.05, 0) is 13.8 Å². The Morgan fingerprint density at radius 2 is 1.44 bits per heavy atom. The average molecular weight is 162 g/mol. The predicted molar refractivity (Wildman–Crippen MR) is 47.7 cm³/mol. The Hall–Kier alpha value is -0.220. The van der Waals surface area contributed by atoms with Gasteiger partial charge in [0.05, 0.1) is 16.6 Å². The maximum absolute atomic E-state index is 4.75. The van der Waals surface area contributed by atoms with E-state index in [0.29, 0.717) is 6.67 Å². The zero-order valence-corrected chi connectivity index (χ0v) is 7.16. The molecular weight excluding hydrogens is 152 g/mol. The second kappa shape index (κ2) is 4.64. The van der Waals surface area contributed by atoms with Gasteiger partial charge in [-0.15, -0.1) is 0 Å². The molecule has 9 heavy (non-hydrogen) atoms. The van der Waals surface area contributed by atoms with Gasteiger partial charge in [-0.3, -0.25) is 0 Å². The first-order chi connectivity index (χ1) is 4.13. The average Bonchev–Trinajstić information content (AvgIpc) is 1.63. The third kappa shape index (κ3) is 7.78. The van der Waals surface area contributed by atoms with Crippen LogP contribution in [-0.4, -0.2) is 16.6 Å². The first-order valence-electron chi connectivity index (χ1n) is 2.62. The van der Waals surface area contributed by atoms with Gasteiger partial charge in [-0.25, -0.2) is 0 Å². The highest BCUT2D eigenvalue weighted by Gasteiger charge is 1.84. The fraction of sp³-hybridized carbons (Fsp3) is 0.600. The molecule has 0 atom stereocenters. The summed E-state index contributed by atoms with van der Waals surface area (Å²) >= 11 is 9.51. The summed E-state index contributed by atoms with van der Waals surface area (Å²) < 4.78 is 0. The summed E-state index contributed by atoms with van der Waals surface area (Å²) in [5.74, 6) is 0. The zero-order valence-electron chi connectivity index (χ0n) is 5.52. The van der Waals surface area contributed by atoms with Crippen molar-refractivity contribution in [2.45, 2.75) is 13.8 Å². The van der Waals surface area contributed by atoms with Crippen LogP contribution in [0.2, 0.25) is 0 Å². The highest BCUT2D eigenvalue weighted by molar-refractivity contribution is 7.80. The van der Waals surface area contributed by atoms with Crippen molar-refractivity contribution < 1.29 is 0 Å². The standard InChI is InChI=1S/C5H10N2S2/c1-4(8)6-3-7-5(2)9/h3H2,1-2H3,(H,6,8)(H,7,9). The van der Waals surface area contributed by atoms with Crippen LogP contribution in [0.4, 0.5) is 0 Å². The molecule has 0 aliphatic rings. The molecule has 0 aromatic rings. The third-order valence-electron chi connectivity index (χ3n) is 0.675. The van der Waals surface area contributed by atoms with Gasteiger partial charge < -0.3 is 10.6 Å². The van der Waals surface area contributed by atoms with Crippen molar-refractivity contribution in [1.82, 2.24) is 10.6 Å². The topological polar surface area (TPSA) is 24.1 Å². The lowest BCUT2D eigenvalue weighted by atomic mass is 10.7. The number of hydrogen-bond donors (Lipinski definition) is 2. The van der Waals surface area contributed by atoms with E-state index in [-0.39, 0.29) is 0 Å². The van der Waals surface area contributed by atoms with Crippen molar-refractivity contribution in [2.24, 2.45) is 0 Å². The van der Waals surface area contributed by atoms with E-state index in [2.05, 4.69) is 10.6 Å². The molecule has 4 heteroatoms. The van der Waals surface area contributed by atoms with Crippen LogP contribution in [0.25, 0.3) is 0 Å². The summed E-state index contributed by atoms with van der Waals surface area (Å²) in [6.07, 6.45) is 0. The van der Waals surface area contributed by atoms with Crippen LogP contribution in [0.3, 0.4) is 0 Å². The van der Waals surface area contributed by atoms with E-state index < -0.39 is 0 Å². The van der Waals surface area contributed by atoms with Crippen LogP contribution in [0.15, 0.2) is 0 Å². The minimum absolute atomic E-state index is 0.630. The summed E-state index contributed by atoms with van der Waals surface area (Å²) in [5, 5.41) is 5.82. The van der Waals surface area contributed by atoms with Gasteiger partial charge in [0.2, 0.25) is 0 Å². The fourth-order valence-electron chi connectivity index (χ4n) is 0.293. The van der Waals surface area contributed by atoms with Crippen LogP contribution < -0.4 is 10.6 Å². The molecule has 0 rings (SSSR count). The minimum Gasteiger partial charge on any atom is -0.363 e. The molecule has 0 spiro atoms. The summed E-state index contributed by atoms with van der Waals surface area (Å²) in [7, 11) is 0. The molecule has 0 bridgehead atoms. The van der Waals surface area contributed by atoms with Crippen molar-refractivity contribution in [3.05, 3.63) is 0 Å². The van der Waals surface area contributed by atoms with Crippen molar-refractivity contribution in [3.8, 4) is 0 Å². The van der Waals surface area contributed by atoms with Crippen LogP contribution in [0, 0.1) is 0 Å². The summed E-state index contributed by atoms with van der Waals surface area (Å²) in [4.78, 5) is 1.55. The molecule has 0 amide bonds. The quantitative estimate of drug-likeness (QED) is 0.464. The van der Waals surface area contributed by atoms with Gasteiger partial charge in [-0.1, -0.05) is 24.4 Å². The molecule has 0 unspecified atom stereocenters. The Balaban J connectivity index is 3.10. The zero-order chi connectivity index (χ0) is 7.28. The molecule has 0 saturated heterocycles. The molecule has 2 nitrogen and oxygen atoms in total. The number of hydrogen-bond acceptors (Lipinski definition) is 2. The minimum atomic E-state index is 0.630. The molecule has 0 heterocycles. The summed E-state index contributed by atoms with van der Waals surface area (Å²) in [5.41, 5.74) is 0. The maximum Gasteiger partial charge on any atom is 0.0857 e. The molecule has 0 aromatic heterocycles. The molecule has 52 valence electrons. The van der Waals surface area contributed by atoms with Crippen LogP contribution in [-0.2, 0) is 0 Å². The lowest BCUT2D eigenvalue weighted by molar-refractivity contribution is 0.842. The number of thiocarbonyl (C=S) groups is 2. The number of nitrogens with one attached hydrogen (secondary N) is 2.